The molecule has 0 aliphatic rings. The first kappa shape index (κ1) is 11.2. The second kappa shape index (κ2) is 6.89. The summed E-state index contributed by atoms with van der Waals surface area (Å²) in [4.78, 5) is 10.4. The van der Waals surface area contributed by atoms with Gasteiger partial charge in [-0.3, -0.25) is 4.79 Å². The molecule has 0 spiro atoms. The summed E-state index contributed by atoms with van der Waals surface area (Å²) in [7, 11) is 0. The summed E-state index contributed by atoms with van der Waals surface area (Å²) in [5, 5.41) is 0. The molecule has 0 saturated carbocycles. The Hall–Kier alpha value is -0.790. The first-order valence-corrected chi connectivity index (χ1v) is 4.68. The molecule has 0 aromatic heterocycles. The highest BCUT2D eigenvalue weighted by molar-refractivity contribution is 5.85. The van der Waals surface area contributed by atoms with E-state index in [4.69, 9.17) is 5.73 Å². The molecule has 2 heteroatoms. The van der Waals surface area contributed by atoms with Gasteiger partial charge in [0, 0.05) is 0 Å². The van der Waals surface area contributed by atoms with Gasteiger partial charge in [0.15, 0.2) is 0 Å². The van der Waals surface area contributed by atoms with Crippen molar-refractivity contribution in [3.63, 3.8) is 0 Å². The van der Waals surface area contributed by atoms with Crippen molar-refractivity contribution in [2.75, 3.05) is 0 Å². The van der Waals surface area contributed by atoms with Gasteiger partial charge in [-0.15, -0.1) is 0 Å². The van der Waals surface area contributed by atoms with Gasteiger partial charge in [0.1, 0.15) is 0 Å². The van der Waals surface area contributed by atoms with Crippen molar-refractivity contribution in [3.8, 4) is 0 Å². The zero-order valence-corrected chi connectivity index (χ0v) is 8.05. The molecule has 0 heterocycles. The third-order valence-electron chi connectivity index (χ3n) is 1.85. The highest BCUT2D eigenvalue weighted by Gasteiger charge is 2.01. The largest absolute Gasteiger partial charge is 0.366 e. The van der Waals surface area contributed by atoms with Crippen LogP contribution in [0.2, 0.25) is 0 Å². The molecule has 2 N–H and O–H groups in total. The van der Waals surface area contributed by atoms with Crippen LogP contribution in [0.25, 0.3) is 0 Å². The zero-order valence-electron chi connectivity index (χ0n) is 8.05. The standard InChI is InChI=1S/C10H19NO/c1-3-5-9(6-4-2)7-8-10(11)12/h7-9H,3-6H2,1-2H3,(H2,11,12)/b8-7+. The van der Waals surface area contributed by atoms with Crippen LogP contribution < -0.4 is 5.73 Å². The molecule has 0 atom stereocenters. The zero-order chi connectivity index (χ0) is 9.40. The fraction of sp³-hybridized carbons (Fsp3) is 0.700. The van der Waals surface area contributed by atoms with Crippen LogP contribution in [0.5, 0.6) is 0 Å². The van der Waals surface area contributed by atoms with Crippen molar-refractivity contribution < 1.29 is 4.79 Å². The normalized spacial score (nSPS) is 11.2. The Morgan fingerprint density at radius 2 is 1.83 bits per heavy atom. The van der Waals surface area contributed by atoms with E-state index in [-0.39, 0.29) is 5.91 Å². The number of primary amides is 1. The SMILES string of the molecule is CCCC(/C=C/C(N)=O)CCC. The number of hydrogen-bond acceptors (Lipinski definition) is 1. The molecule has 12 heavy (non-hydrogen) atoms. The van der Waals surface area contributed by atoms with Crippen LogP contribution in [0.3, 0.4) is 0 Å². The molecule has 0 saturated heterocycles. The minimum absolute atomic E-state index is 0.341. The van der Waals surface area contributed by atoms with E-state index >= 15 is 0 Å². The van der Waals surface area contributed by atoms with E-state index in [0.717, 1.165) is 25.7 Å². The van der Waals surface area contributed by atoms with Gasteiger partial charge in [0.2, 0.25) is 5.91 Å². The molecule has 1 amide bonds. The molecule has 0 aliphatic carbocycles. The van der Waals surface area contributed by atoms with E-state index in [0.29, 0.717) is 5.92 Å². The van der Waals surface area contributed by atoms with Gasteiger partial charge in [0.05, 0.1) is 0 Å². The molecular formula is C10H19NO. The molecular weight excluding hydrogens is 150 g/mol. The Kier molecular flexibility index (Phi) is 6.44. The van der Waals surface area contributed by atoms with E-state index in [1.807, 2.05) is 6.08 Å². The van der Waals surface area contributed by atoms with Gasteiger partial charge in [-0.1, -0.05) is 32.8 Å². The van der Waals surface area contributed by atoms with Crippen molar-refractivity contribution in [1.82, 2.24) is 0 Å². The summed E-state index contributed by atoms with van der Waals surface area (Å²) in [6, 6.07) is 0. The van der Waals surface area contributed by atoms with Gasteiger partial charge in [-0.25, -0.2) is 0 Å². The minimum atomic E-state index is -0.341. The van der Waals surface area contributed by atoms with E-state index < -0.39 is 0 Å². The average Bonchev–Trinajstić information content (AvgIpc) is 2.01. The summed E-state index contributed by atoms with van der Waals surface area (Å²) in [6.07, 6.45) is 8.04. The summed E-state index contributed by atoms with van der Waals surface area (Å²) in [5.74, 6) is 0.194. The van der Waals surface area contributed by atoms with Crippen molar-refractivity contribution in [2.24, 2.45) is 11.7 Å². The molecule has 2 nitrogen and oxygen atoms in total. The van der Waals surface area contributed by atoms with E-state index in [1.54, 1.807) is 0 Å². The summed E-state index contributed by atoms with van der Waals surface area (Å²) < 4.78 is 0. The fourth-order valence-corrected chi connectivity index (χ4v) is 1.31. The molecule has 0 bridgehead atoms. The van der Waals surface area contributed by atoms with Crippen LogP contribution in [0.15, 0.2) is 12.2 Å². The lowest BCUT2D eigenvalue weighted by Gasteiger charge is -2.08. The van der Waals surface area contributed by atoms with Gasteiger partial charge in [-0.05, 0) is 24.8 Å². The number of carbonyl (C=O) groups is 1. The van der Waals surface area contributed by atoms with Crippen LogP contribution in [0.4, 0.5) is 0 Å². The molecule has 0 radical (unpaired) electrons. The van der Waals surface area contributed by atoms with Crippen LogP contribution in [0, 0.1) is 5.92 Å². The Balaban J connectivity index is 3.84. The number of nitrogens with two attached hydrogens (primary N) is 1. The van der Waals surface area contributed by atoms with E-state index in [9.17, 15) is 4.79 Å². The maximum atomic E-state index is 10.4. The van der Waals surface area contributed by atoms with E-state index in [1.165, 1.54) is 6.08 Å². The van der Waals surface area contributed by atoms with Gasteiger partial charge in [-0.2, -0.15) is 0 Å². The minimum Gasteiger partial charge on any atom is -0.366 e. The van der Waals surface area contributed by atoms with Crippen LogP contribution in [0.1, 0.15) is 39.5 Å². The Morgan fingerprint density at radius 1 is 1.33 bits per heavy atom. The quantitative estimate of drug-likeness (QED) is 0.609. The van der Waals surface area contributed by atoms with Crippen molar-refractivity contribution in [2.45, 2.75) is 39.5 Å². The lowest BCUT2D eigenvalue weighted by atomic mass is 9.98. The molecule has 0 aromatic rings. The maximum Gasteiger partial charge on any atom is 0.241 e. The van der Waals surface area contributed by atoms with Crippen molar-refractivity contribution >= 4 is 5.91 Å². The maximum absolute atomic E-state index is 10.4. The van der Waals surface area contributed by atoms with Crippen molar-refractivity contribution in [1.29, 1.82) is 0 Å². The topological polar surface area (TPSA) is 43.1 Å². The Morgan fingerprint density at radius 3 is 2.17 bits per heavy atom. The second-order valence-electron chi connectivity index (χ2n) is 3.10. The highest BCUT2D eigenvalue weighted by Crippen LogP contribution is 2.14. The van der Waals surface area contributed by atoms with E-state index in [2.05, 4.69) is 13.8 Å². The summed E-state index contributed by atoms with van der Waals surface area (Å²) in [6.45, 7) is 4.31. The third kappa shape index (κ3) is 5.96. The molecule has 0 fully saturated rings. The van der Waals surface area contributed by atoms with Gasteiger partial charge >= 0.3 is 0 Å². The molecule has 70 valence electrons. The third-order valence-corrected chi connectivity index (χ3v) is 1.85. The molecule has 0 aliphatic heterocycles. The van der Waals surface area contributed by atoms with Crippen LogP contribution >= 0.6 is 0 Å². The smallest absolute Gasteiger partial charge is 0.241 e. The predicted octanol–water partition coefficient (Wildman–Crippen LogP) is 2.24. The molecule has 0 aromatic carbocycles. The van der Waals surface area contributed by atoms with Gasteiger partial charge in [0.25, 0.3) is 0 Å². The number of amides is 1. The summed E-state index contributed by atoms with van der Waals surface area (Å²) in [5.41, 5.74) is 5.01. The number of allylic oxidation sites excluding steroid dienone is 1. The average molecular weight is 169 g/mol. The van der Waals surface area contributed by atoms with Crippen molar-refractivity contribution in [3.05, 3.63) is 12.2 Å². The van der Waals surface area contributed by atoms with Gasteiger partial charge < -0.3 is 5.73 Å². The fourth-order valence-electron chi connectivity index (χ4n) is 1.31. The Labute approximate surface area is 74.8 Å². The van der Waals surface area contributed by atoms with Crippen LogP contribution in [-0.2, 0) is 4.79 Å². The molecule has 0 rings (SSSR count). The lowest BCUT2D eigenvalue weighted by Crippen LogP contribution is -2.07. The van der Waals surface area contributed by atoms with Crippen LogP contribution in [-0.4, -0.2) is 5.91 Å². The highest BCUT2D eigenvalue weighted by atomic mass is 16.1. The number of hydrogen-bond donors (Lipinski definition) is 1. The predicted molar refractivity (Wildman–Crippen MR) is 51.6 cm³/mol. The Bertz CT molecular complexity index is 146. The first-order chi connectivity index (χ1) is 5.70. The summed E-state index contributed by atoms with van der Waals surface area (Å²) >= 11 is 0. The number of carbonyl (C=O) groups excluding carboxylic acids is 1. The number of rotatable bonds is 6. The lowest BCUT2D eigenvalue weighted by molar-refractivity contribution is -0.113. The first-order valence-electron chi connectivity index (χ1n) is 4.68. The monoisotopic (exact) mass is 169 g/mol. The molecule has 0 unspecified atom stereocenters. The second-order valence-corrected chi connectivity index (χ2v) is 3.10.